The summed E-state index contributed by atoms with van der Waals surface area (Å²) in [6.45, 7) is 0. The second-order valence-corrected chi connectivity index (χ2v) is 8.08. The lowest BCUT2D eigenvalue weighted by Gasteiger charge is -2.09. The molecule has 0 spiro atoms. The average Bonchev–Trinajstić information content (AvgIpc) is 3.06. The minimum atomic E-state index is -3.76. The number of anilines is 1. The molecule has 1 aromatic heterocycles. The Labute approximate surface area is 165 Å². The van der Waals surface area contributed by atoms with E-state index >= 15 is 0 Å². The van der Waals surface area contributed by atoms with Crippen molar-refractivity contribution in [2.45, 2.75) is 4.90 Å². The number of thiazole rings is 1. The number of nitrogen functional groups attached to an aromatic ring is 1. The molecular weight excluding hydrogens is 402 g/mol. The molecule has 0 saturated carbocycles. The lowest BCUT2D eigenvalue weighted by molar-refractivity contribution is 0.404. The van der Waals surface area contributed by atoms with Gasteiger partial charge >= 0.3 is 0 Å². The predicted molar refractivity (Wildman–Crippen MR) is 107 cm³/mol. The molecule has 0 aliphatic carbocycles. The molecule has 0 aliphatic rings. The fourth-order valence-corrected chi connectivity index (χ4v) is 3.56. The number of sulfonamides is 1. The monoisotopic (exact) mass is 419 g/mol. The molecule has 146 valence electrons. The smallest absolute Gasteiger partial charge is 0.238 e. The van der Waals surface area contributed by atoms with Crippen LogP contribution in [-0.2, 0) is 10.0 Å². The van der Waals surface area contributed by atoms with Crippen LogP contribution in [0.3, 0.4) is 0 Å². The van der Waals surface area contributed by atoms with Gasteiger partial charge in [-0.1, -0.05) is 11.3 Å². The van der Waals surface area contributed by atoms with Gasteiger partial charge in [0, 0.05) is 5.56 Å². The summed E-state index contributed by atoms with van der Waals surface area (Å²) in [6.07, 6.45) is 0. The Kier molecular flexibility index (Phi) is 5.58. The predicted octanol–water partition coefficient (Wildman–Crippen LogP) is 3.47. The molecule has 0 unspecified atom stereocenters. The van der Waals surface area contributed by atoms with Gasteiger partial charge < -0.3 is 15.2 Å². The Hall–Kier alpha value is -3.02. The topological polar surface area (TPSA) is 142 Å². The number of nitrogens with zero attached hydrogens (tertiary/aromatic N) is 3. The molecule has 1 heterocycles. The van der Waals surface area contributed by atoms with E-state index in [0.29, 0.717) is 38.6 Å². The number of hydrogen-bond donors (Lipinski definition) is 2. The molecule has 3 aromatic rings. The summed E-state index contributed by atoms with van der Waals surface area (Å²) in [6, 6.07) is 11.0. The van der Waals surface area contributed by atoms with E-state index in [0.717, 1.165) is 11.3 Å². The van der Waals surface area contributed by atoms with Crippen LogP contribution in [0, 0.1) is 0 Å². The third-order valence-corrected chi connectivity index (χ3v) is 5.41. The van der Waals surface area contributed by atoms with Gasteiger partial charge in [-0.25, -0.2) is 18.5 Å². The first-order chi connectivity index (χ1) is 13.3. The highest BCUT2D eigenvalue weighted by molar-refractivity contribution is 7.89. The molecule has 4 N–H and O–H groups in total. The maximum atomic E-state index is 11.3. The van der Waals surface area contributed by atoms with Crippen molar-refractivity contribution in [2.24, 2.45) is 15.4 Å². The number of aromatic nitrogens is 1. The van der Waals surface area contributed by atoms with Crippen molar-refractivity contribution in [3.8, 4) is 22.8 Å². The Bertz CT molecular complexity index is 1120. The summed E-state index contributed by atoms with van der Waals surface area (Å²) < 4.78 is 33.3. The van der Waals surface area contributed by atoms with Gasteiger partial charge in [0.25, 0.3) is 0 Å². The van der Waals surface area contributed by atoms with E-state index < -0.39 is 10.0 Å². The van der Waals surface area contributed by atoms with Gasteiger partial charge in [-0.2, -0.15) is 0 Å². The van der Waals surface area contributed by atoms with Gasteiger partial charge in [0.15, 0.2) is 10.1 Å². The van der Waals surface area contributed by atoms with E-state index in [4.69, 9.17) is 20.3 Å². The Balaban J connectivity index is 1.98. The summed E-state index contributed by atoms with van der Waals surface area (Å²) in [5.41, 5.74) is 7.48. The maximum absolute atomic E-state index is 11.3. The van der Waals surface area contributed by atoms with Gasteiger partial charge in [-0.3, -0.25) is 0 Å². The van der Waals surface area contributed by atoms with Crippen LogP contribution in [0.4, 0.5) is 15.8 Å². The standard InChI is InChI=1S/C17H17N5O4S2/c1-25-11-5-8-14(26-2)13(9-11)15-16(27-17(18)20-15)22-21-10-3-6-12(7-4-10)28(19,23)24/h3-9H,1-2H3,(H2,18,20)(H2,19,23,24). The molecule has 2 aromatic carbocycles. The quantitative estimate of drug-likeness (QED) is 0.586. The van der Waals surface area contributed by atoms with E-state index in [-0.39, 0.29) is 4.90 Å². The van der Waals surface area contributed by atoms with Crippen molar-refractivity contribution >= 4 is 37.2 Å². The number of ether oxygens (including phenoxy) is 2. The van der Waals surface area contributed by atoms with Crippen LogP contribution < -0.4 is 20.3 Å². The number of benzene rings is 2. The summed E-state index contributed by atoms with van der Waals surface area (Å²) in [7, 11) is -0.650. The van der Waals surface area contributed by atoms with E-state index in [1.54, 1.807) is 32.4 Å². The Morgan fingerprint density at radius 1 is 1.04 bits per heavy atom. The van der Waals surface area contributed by atoms with Crippen LogP contribution in [0.2, 0.25) is 0 Å². The van der Waals surface area contributed by atoms with Crippen molar-refractivity contribution in [1.29, 1.82) is 0 Å². The van der Waals surface area contributed by atoms with Crippen LogP contribution in [0.15, 0.2) is 57.6 Å². The largest absolute Gasteiger partial charge is 0.497 e. The van der Waals surface area contributed by atoms with Crippen LogP contribution in [0.1, 0.15) is 0 Å². The molecule has 9 nitrogen and oxygen atoms in total. The molecule has 28 heavy (non-hydrogen) atoms. The van der Waals surface area contributed by atoms with Gasteiger partial charge in [-0.05, 0) is 42.5 Å². The van der Waals surface area contributed by atoms with Gasteiger partial charge in [0.1, 0.15) is 17.2 Å². The van der Waals surface area contributed by atoms with E-state index in [1.165, 1.54) is 24.3 Å². The fraction of sp³-hybridized carbons (Fsp3) is 0.118. The third-order valence-electron chi connectivity index (χ3n) is 3.71. The highest BCUT2D eigenvalue weighted by Crippen LogP contribution is 2.42. The lowest BCUT2D eigenvalue weighted by atomic mass is 10.1. The summed E-state index contributed by atoms with van der Waals surface area (Å²) >= 11 is 1.16. The molecule has 0 amide bonds. The number of rotatable bonds is 6. The number of primary sulfonamides is 1. The minimum Gasteiger partial charge on any atom is -0.497 e. The highest BCUT2D eigenvalue weighted by Gasteiger charge is 2.17. The molecule has 0 fully saturated rings. The molecule has 0 aliphatic heterocycles. The van der Waals surface area contributed by atoms with Crippen molar-refractivity contribution in [3.05, 3.63) is 42.5 Å². The molecular formula is C17H17N5O4S2. The van der Waals surface area contributed by atoms with Crippen LogP contribution in [-0.4, -0.2) is 27.6 Å². The van der Waals surface area contributed by atoms with Gasteiger partial charge in [0.2, 0.25) is 10.0 Å². The maximum Gasteiger partial charge on any atom is 0.238 e. The second-order valence-electron chi connectivity index (χ2n) is 5.51. The van der Waals surface area contributed by atoms with E-state index in [1.807, 2.05) is 0 Å². The first-order valence-electron chi connectivity index (χ1n) is 7.85. The number of nitrogens with two attached hydrogens (primary N) is 2. The summed E-state index contributed by atoms with van der Waals surface area (Å²) in [5.74, 6) is 1.21. The minimum absolute atomic E-state index is 0.00436. The fourth-order valence-electron chi connectivity index (χ4n) is 2.38. The Morgan fingerprint density at radius 2 is 1.75 bits per heavy atom. The van der Waals surface area contributed by atoms with Crippen molar-refractivity contribution in [3.63, 3.8) is 0 Å². The van der Waals surface area contributed by atoms with E-state index in [2.05, 4.69) is 15.2 Å². The SMILES string of the molecule is COc1ccc(OC)c(-c2nc(N)sc2N=Nc2ccc(S(N)(=O)=O)cc2)c1. The first-order valence-corrected chi connectivity index (χ1v) is 10.2. The number of hydrogen-bond acceptors (Lipinski definition) is 9. The second kappa shape index (κ2) is 7.92. The van der Waals surface area contributed by atoms with Crippen molar-refractivity contribution < 1.29 is 17.9 Å². The average molecular weight is 419 g/mol. The van der Waals surface area contributed by atoms with Gasteiger partial charge in [-0.15, -0.1) is 10.2 Å². The zero-order valence-electron chi connectivity index (χ0n) is 15.0. The molecule has 11 heteroatoms. The Morgan fingerprint density at radius 3 is 2.36 bits per heavy atom. The molecule has 0 radical (unpaired) electrons. The van der Waals surface area contributed by atoms with Crippen LogP contribution in [0.5, 0.6) is 11.5 Å². The highest BCUT2D eigenvalue weighted by atomic mass is 32.2. The van der Waals surface area contributed by atoms with Crippen LogP contribution in [0.25, 0.3) is 11.3 Å². The third kappa shape index (κ3) is 4.27. The van der Waals surface area contributed by atoms with Crippen LogP contribution >= 0.6 is 11.3 Å². The van der Waals surface area contributed by atoms with Crippen molar-refractivity contribution in [2.75, 3.05) is 20.0 Å². The molecule has 3 rings (SSSR count). The summed E-state index contributed by atoms with van der Waals surface area (Å²) in [5, 5.41) is 14.2. The van der Waals surface area contributed by atoms with Gasteiger partial charge in [0.05, 0.1) is 24.8 Å². The van der Waals surface area contributed by atoms with E-state index in [9.17, 15) is 8.42 Å². The molecule has 0 bridgehead atoms. The van der Waals surface area contributed by atoms with Crippen molar-refractivity contribution in [1.82, 2.24) is 4.98 Å². The normalized spacial score (nSPS) is 11.7. The number of methoxy groups -OCH3 is 2. The first kappa shape index (κ1) is 19.7. The zero-order valence-corrected chi connectivity index (χ0v) is 16.6. The lowest BCUT2D eigenvalue weighted by Crippen LogP contribution is -2.11. The zero-order chi connectivity index (χ0) is 20.3. The molecule has 0 saturated heterocycles. The molecule has 0 atom stereocenters. The summed E-state index contributed by atoms with van der Waals surface area (Å²) in [4.78, 5) is 4.33. The number of azo groups is 1.